The predicted molar refractivity (Wildman–Crippen MR) is 60.9 cm³/mol. The van der Waals surface area contributed by atoms with Crippen LogP contribution in [0, 0.1) is 0 Å². The number of carbonyl (C=O) groups excluding carboxylic acids is 1. The summed E-state index contributed by atoms with van der Waals surface area (Å²) in [5, 5.41) is 4.08. The van der Waals surface area contributed by atoms with Crippen molar-refractivity contribution < 1.29 is 11.1 Å². The van der Waals surface area contributed by atoms with Gasteiger partial charge in [-0.1, -0.05) is 26.3 Å². The standard InChI is InChI=1S/C7H14N2O2.C3H8.H2/c1-8-7(10)5-4-6-9(2)11-3;1-3-2;/h4-5H,6H2,1-3H3,(H,8,10);3H2,1-2H3;1H/b5-4+;;. The molecule has 0 rings (SSSR count). The van der Waals surface area contributed by atoms with E-state index in [1.54, 1.807) is 32.3 Å². The fourth-order valence-electron chi connectivity index (χ4n) is 0.466. The number of amides is 1. The highest BCUT2D eigenvalue weighted by atomic mass is 16.7. The molecule has 4 nitrogen and oxygen atoms in total. The molecular weight excluding hydrogens is 180 g/mol. The van der Waals surface area contributed by atoms with E-state index in [1.807, 2.05) is 0 Å². The number of rotatable bonds is 4. The second kappa shape index (κ2) is 12.1. The van der Waals surface area contributed by atoms with E-state index in [9.17, 15) is 4.79 Å². The molecule has 0 fully saturated rings. The highest BCUT2D eigenvalue weighted by Gasteiger charge is 1.90. The van der Waals surface area contributed by atoms with E-state index in [-0.39, 0.29) is 7.33 Å². The van der Waals surface area contributed by atoms with E-state index in [2.05, 4.69) is 19.2 Å². The van der Waals surface area contributed by atoms with Crippen LogP contribution in [0.3, 0.4) is 0 Å². The van der Waals surface area contributed by atoms with Crippen LogP contribution >= 0.6 is 0 Å². The molecule has 14 heavy (non-hydrogen) atoms. The van der Waals surface area contributed by atoms with Gasteiger partial charge in [-0.15, -0.1) is 0 Å². The largest absolute Gasteiger partial charge is 0.356 e. The van der Waals surface area contributed by atoms with Crippen LogP contribution in [0.1, 0.15) is 21.7 Å². The van der Waals surface area contributed by atoms with Gasteiger partial charge in [0, 0.05) is 28.1 Å². The van der Waals surface area contributed by atoms with Crippen LogP contribution in [-0.4, -0.2) is 38.7 Å². The molecule has 0 radical (unpaired) electrons. The molecule has 0 atom stereocenters. The molecule has 1 amide bonds. The van der Waals surface area contributed by atoms with Crippen molar-refractivity contribution in [2.75, 3.05) is 27.7 Å². The molecule has 0 aromatic carbocycles. The minimum Gasteiger partial charge on any atom is -0.356 e. The molecule has 0 aliphatic rings. The Balaban J connectivity index is -0.000000320. The summed E-state index contributed by atoms with van der Waals surface area (Å²) >= 11 is 0. The minimum absolute atomic E-state index is 0. The lowest BCUT2D eigenvalue weighted by Crippen LogP contribution is -2.18. The second-order valence-corrected chi connectivity index (χ2v) is 2.72. The zero-order chi connectivity index (χ0) is 11.4. The Morgan fingerprint density at radius 3 is 2.43 bits per heavy atom. The Morgan fingerprint density at radius 1 is 1.57 bits per heavy atom. The smallest absolute Gasteiger partial charge is 0.243 e. The number of hydroxylamine groups is 2. The maximum absolute atomic E-state index is 10.6. The summed E-state index contributed by atoms with van der Waals surface area (Å²) in [6.07, 6.45) is 4.44. The number of carbonyl (C=O) groups is 1. The Morgan fingerprint density at radius 2 is 2.07 bits per heavy atom. The van der Waals surface area contributed by atoms with Gasteiger partial charge in [-0.25, -0.2) is 0 Å². The zero-order valence-electron chi connectivity index (χ0n) is 9.83. The van der Waals surface area contributed by atoms with Gasteiger partial charge < -0.3 is 10.2 Å². The van der Waals surface area contributed by atoms with Gasteiger partial charge in [-0.05, 0) is 0 Å². The molecule has 0 aromatic rings. The summed E-state index contributed by atoms with van der Waals surface area (Å²) in [7, 11) is 4.95. The van der Waals surface area contributed by atoms with Crippen molar-refractivity contribution >= 4 is 5.91 Å². The zero-order valence-corrected chi connectivity index (χ0v) is 9.83. The van der Waals surface area contributed by atoms with Crippen LogP contribution in [0.5, 0.6) is 0 Å². The first-order valence-electron chi connectivity index (χ1n) is 4.75. The number of likely N-dealkylation sites (N-methyl/N-ethyl adjacent to an activating group) is 2. The van der Waals surface area contributed by atoms with Gasteiger partial charge in [0.15, 0.2) is 0 Å². The van der Waals surface area contributed by atoms with Crippen molar-refractivity contribution in [2.24, 2.45) is 0 Å². The van der Waals surface area contributed by atoms with Crippen molar-refractivity contribution in [1.29, 1.82) is 0 Å². The fourth-order valence-corrected chi connectivity index (χ4v) is 0.466. The monoisotopic (exact) mass is 204 g/mol. The molecule has 0 aliphatic heterocycles. The Kier molecular flexibility index (Phi) is 13.5. The normalized spacial score (nSPS) is 9.86. The molecule has 86 valence electrons. The van der Waals surface area contributed by atoms with Crippen LogP contribution in [0.2, 0.25) is 0 Å². The second-order valence-electron chi connectivity index (χ2n) is 2.72. The third-order valence-electron chi connectivity index (χ3n) is 1.19. The highest BCUT2D eigenvalue weighted by Crippen LogP contribution is 1.81. The summed E-state index contributed by atoms with van der Waals surface area (Å²) in [6.45, 7) is 4.85. The molecule has 0 aliphatic carbocycles. The summed E-state index contributed by atoms with van der Waals surface area (Å²) in [6, 6.07) is 0. The first-order valence-corrected chi connectivity index (χ1v) is 4.75. The van der Waals surface area contributed by atoms with Crippen LogP contribution in [0.25, 0.3) is 0 Å². The van der Waals surface area contributed by atoms with Gasteiger partial charge in [-0.2, -0.15) is 5.06 Å². The van der Waals surface area contributed by atoms with E-state index >= 15 is 0 Å². The lowest BCUT2D eigenvalue weighted by molar-refractivity contribution is -0.116. The first-order chi connectivity index (χ1) is 6.62. The summed E-state index contributed by atoms with van der Waals surface area (Å²) < 4.78 is 0. The van der Waals surface area contributed by atoms with E-state index < -0.39 is 0 Å². The molecule has 0 unspecified atom stereocenters. The Hall–Kier alpha value is -0.870. The van der Waals surface area contributed by atoms with Crippen LogP contribution in [-0.2, 0) is 9.63 Å². The quantitative estimate of drug-likeness (QED) is 0.556. The molecule has 0 saturated carbocycles. The fraction of sp³-hybridized carbons (Fsp3) is 0.700. The van der Waals surface area contributed by atoms with Crippen molar-refractivity contribution in [3.8, 4) is 0 Å². The molecular formula is C10H24N2O2. The molecule has 0 aromatic heterocycles. The SMILES string of the molecule is CCC.CNC(=O)/C=C/CN(C)OC.[HH]. The van der Waals surface area contributed by atoms with Gasteiger partial charge in [-0.3, -0.25) is 4.79 Å². The van der Waals surface area contributed by atoms with Gasteiger partial charge in [0.25, 0.3) is 0 Å². The molecule has 1 N–H and O–H groups in total. The number of nitrogens with zero attached hydrogens (tertiary/aromatic N) is 1. The van der Waals surface area contributed by atoms with E-state index in [0.29, 0.717) is 6.54 Å². The van der Waals surface area contributed by atoms with E-state index in [4.69, 9.17) is 4.84 Å². The van der Waals surface area contributed by atoms with Crippen molar-refractivity contribution in [1.82, 2.24) is 10.4 Å². The van der Waals surface area contributed by atoms with E-state index in [0.717, 1.165) is 0 Å². The van der Waals surface area contributed by atoms with Gasteiger partial charge in [0.1, 0.15) is 0 Å². The summed E-state index contributed by atoms with van der Waals surface area (Å²) in [5.41, 5.74) is 0. The van der Waals surface area contributed by atoms with Gasteiger partial charge in [0.2, 0.25) is 5.91 Å². The lowest BCUT2D eigenvalue weighted by atomic mass is 10.4. The molecule has 0 spiro atoms. The third-order valence-corrected chi connectivity index (χ3v) is 1.19. The average molecular weight is 204 g/mol. The Labute approximate surface area is 88.4 Å². The van der Waals surface area contributed by atoms with Crippen molar-refractivity contribution in [3.05, 3.63) is 12.2 Å². The van der Waals surface area contributed by atoms with Crippen molar-refractivity contribution in [3.63, 3.8) is 0 Å². The van der Waals surface area contributed by atoms with Crippen LogP contribution in [0.4, 0.5) is 0 Å². The topological polar surface area (TPSA) is 41.6 Å². The minimum atomic E-state index is -0.102. The molecule has 0 heterocycles. The average Bonchev–Trinajstić information content (AvgIpc) is 2.18. The van der Waals surface area contributed by atoms with Gasteiger partial charge >= 0.3 is 0 Å². The number of hydrogen-bond acceptors (Lipinski definition) is 3. The van der Waals surface area contributed by atoms with Crippen molar-refractivity contribution in [2.45, 2.75) is 20.3 Å². The van der Waals surface area contributed by atoms with Crippen LogP contribution in [0.15, 0.2) is 12.2 Å². The van der Waals surface area contributed by atoms with Crippen LogP contribution < -0.4 is 5.32 Å². The predicted octanol–water partition coefficient (Wildman–Crippen LogP) is 1.44. The molecule has 4 heteroatoms. The molecule has 0 bridgehead atoms. The highest BCUT2D eigenvalue weighted by molar-refractivity contribution is 5.87. The maximum Gasteiger partial charge on any atom is 0.243 e. The summed E-state index contributed by atoms with van der Waals surface area (Å²) in [5.74, 6) is -0.102. The number of hydrogen-bond donors (Lipinski definition) is 1. The van der Waals surface area contributed by atoms with Gasteiger partial charge in [0.05, 0.1) is 7.11 Å². The Bertz CT molecular complexity index is 164. The van der Waals surface area contributed by atoms with E-state index in [1.165, 1.54) is 12.5 Å². The first kappa shape index (κ1) is 15.6. The summed E-state index contributed by atoms with van der Waals surface area (Å²) in [4.78, 5) is 15.4. The molecule has 0 saturated heterocycles. The maximum atomic E-state index is 10.6. The lowest BCUT2D eigenvalue weighted by Gasteiger charge is -2.08. The third kappa shape index (κ3) is 13.7. The number of nitrogens with one attached hydrogen (secondary N) is 1.